The van der Waals surface area contributed by atoms with E-state index in [1.165, 1.54) is 18.3 Å². The number of nitrogens with one attached hydrogen (secondary N) is 2. The minimum Gasteiger partial charge on any atom is -0.351 e. The summed E-state index contributed by atoms with van der Waals surface area (Å²) in [6.07, 6.45) is -1.15. The number of nitrogens with zero attached hydrogens (tertiary/aromatic N) is 1. The highest BCUT2D eigenvalue weighted by atomic mass is 19.4. The van der Waals surface area contributed by atoms with Gasteiger partial charge in [0.25, 0.3) is 5.91 Å². The molecule has 0 fully saturated rings. The number of amides is 1. The second-order valence-electron chi connectivity index (χ2n) is 4.83. The first-order chi connectivity index (χ1) is 10.4. The van der Waals surface area contributed by atoms with E-state index in [9.17, 15) is 18.0 Å². The van der Waals surface area contributed by atoms with Crippen LogP contribution in [-0.4, -0.2) is 22.4 Å². The molecule has 0 aliphatic heterocycles. The highest BCUT2D eigenvalue weighted by molar-refractivity contribution is 5.92. The molecule has 2 rings (SSSR count). The third kappa shape index (κ3) is 3.87. The van der Waals surface area contributed by atoms with E-state index in [4.69, 9.17) is 0 Å². The van der Waals surface area contributed by atoms with Crippen molar-refractivity contribution in [3.8, 4) is 11.4 Å². The highest BCUT2D eigenvalue weighted by Gasteiger charge is 2.30. The first-order valence-electron chi connectivity index (χ1n) is 6.92. The van der Waals surface area contributed by atoms with Crippen LogP contribution >= 0.6 is 0 Å². The van der Waals surface area contributed by atoms with Gasteiger partial charge in [-0.15, -0.1) is 0 Å². The average Bonchev–Trinajstić information content (AvgIpc) is 2.96. The number of unbranched alkanes of at least 4 members (excludes halogenated alkanes) is 1. The van der Waals surface area contributed by atoms with Crippen molar-refractivity contribution in [1.82, 2.24) is 15.3 Å². The van der Waals surface area contributed by atoms with Crippen molar-refractivity contribution in [3.63, 3.8) is 0 Å². The number of imidazole rings is 1. The van der Waals surface area contributed by atoms with E-state index in [1.807, 2.05) is 6.92 Å². The predicted octanol–water partition coefficient (Wildman–Crippen LogP) is 3.63. The summed E-state index contributed by atoms with van der Waals surface area (Å²) in [5, 5.41) is 2.73. The molecule has 0 saturated carbocycles. The largest absolute Gasteiger partial charge is 0.416 e. The van der Waals surface area contributed by atoms with Crippen LogP contribution in [0.25, 0.3) is 11.4 Å². The zero-order valence-corrected chi connectivity index (χ0v) is 12.0. The van der Waals surface area contributed by atoms with Crippen molar-refractivity contribution in [2.45, 2.75) is 25.9 Å². The van der Waals surface area contributed by atoms with Gasteiger partial charge in [-0.3, -0.25) is 4.79 Å². The van der Waals surface area contributed by atoms with Crippen LogP contribution in [-0.2, 0) is 6.18 Å². The lowest BCUT2D eigenvalue weighted by Crippen LogP contribution is -2.24. The number of H-pyrrole nitrogens is 1. The lowest BCUT2D eigenvalue weighted by atomic mass is 10.1. The van der Waals surface area contributed by atoms with Gasteiger partial charge in [-0.25, -0.2) is 4.98 Å². The Bertz CT molecular complexity index is 632. The summed E-state index contributed by atoms with van der Waals surface area (Å²) in [7, 11) is 0. The van der Waals surface area contributed by atoms with Gasteiger partial charge in [-0.1, -0.05) is 25.5 Å². The van der Waals surface area contributed by atoms with E-state index in [0.717, 1.165) is 25.0 Å². The topological polar surface area (TPSA) is 57.8 Å². The highest BCUT2D eigenvalue weighted by Crippen LogP contribution is 2.30. The fraction of sp³-hybridized carbons (Fsp3) is 0.333. The molecule has 7 heteroatoms. The molecule has 0 saturated heterocycles. The Labute approximate surface area is 125 Å². The third-order valence-corrected chi connectivity index (χ3v) is 3.12. The zero-order valence-electron chi connectivity index (χ0n) is 12.0. The summed E-state index contributed by atoms with van der Waals surface area (Å²) in [6, 6.07) is 4.61. The molecule has 1 aromatic heterocycles. The second-order valence-corrected chi connectivity index (χ2v) is 4.83. The van der Waals surface area contributed by atoms with Gasteiger partial charge in [0.2, 0.25) is 0 Å². The van der Waals surface area contributed by atoms with Gasteiger partial charge < -0.3 is 10.3 Å². The zero-order chi connectivity index (χ0) is 16.2. The molecule has 0 unspecified atom stereocenters. The molecule has 0 radical (unpaired) electrons. The number of carbonyl (C=O) groups excluding carboxylic acids is 1. The number of rotatable bonds is 5. The number of carbonyl (C=O) groups is 1. The molecule has 1 amide bonds. The number of aromatic nitrogens is 2. The Morgan fingerprint density at radius 1 is 1.27 bits per heavy atom. The van der Waals surface area contributed by atoms with Crippen molar-refractivity contribution in [1.29, 1.82) is 0 Å². The standard InChI is InChI=1S/C15H16F3N3O/c1-2-3-8-19-14(22)12-9-20-13(21-12)10-4-6-11(7-5-10)15(16,17)18/h4-7,9H,2-3,8H2,1H3,(H,19,22)(H,20,21). The van der Waals surface area contributed by atoms with Gasteiger partial charge in [0.05, 0.1) is 11.8 Å². The molecule has 0 aliphatic carbocycles. The van der Waals surface area contributed by atoms with Gasteiger partial charge in [0.1, 0.15) is 11.5 Å². The molecule has 2 aromatic rings. The van der Waals surface area contributed by atoms with Crippen LogP contribution in [0.3, 0.4) is 0 Å². The van der Waals surface area contributed by atoms with Crippen molar-refractivity contribution in [3.05, 3.63) is 41.7 Å². The summed E-state index contributed by atoms with van der Waals surface area (Å²) >= 11 is 0. The molecule has 4 nitrogen and oxygen atoms in total. The molecular formula is C15H16F3N3O. The van der Waals surface area contributed by atoms with Gasteiger partial charge in [-0.05, 0) is 18.6 Å². The Morgan fingerprint density at radius 2 is 1.95 bits per heavy atom. The fourth-order valence-electron chi connectivity index (χ4n) is 1.87. The second kappa shape index (κ2) is 6.64. The SMILES string of the molecule is CCCCNC(=O)c1cnc(-c2ccc(C(F)(F)F)cc2)[nH]1. The van der Waals surface area contributed by atoms with Crippen molar-refractivity contribution < 1.29 is 18.0 Å². The van der Waals surface area contributed by atoms with Gasteiger partial charge in [0, 0.05) is 12.1 Å². The molecule has 1 aromatic carbocycles. The number of hydrogen-bond acceptors (Lipinski definition) is 2. The molecule has 0 atom stereocenters. The monoisotopic (exact) mass is 311 g/mol. The summed E-state index contributed by atoms with van der Waals surface area (Å²) in [6.45, 7) is 2.59. The van der Waals surface area contributed by atoms with E-state index >= 15 is 0 Å². The maximum Gasteiger partial charge on any atom is 0.416 e. The lowest BCUT2D eigenvalue weighted by molar-refractivity contribution is -0.137. The number of alkyl halides is 3. The predicted molar refractivity (Wildman–Crippen MR) is 76.3 cm³/mol. The maximum absolute atomic E-state index is 12.5. The van der Waals surface area contributed by atoms with Crippen LogP contribution in [0.5, 0.6) is 0 Å². The van der Waals surface area contributed by atoms with E-state index in [1.54, 1.807) is 0 Å². The van der Waals surface area contributed by atoms with E-state index in [2.05, 4.69) is 15.3 Å². The molecule has 22 heavy (non-hydrogen) atoms. The molecule has 2 N–H and O–H groups in total. The van der Waals surface area contributed by atoms with Crippen molar-refractivity contribution >= 4 is 5.91 Å². The molecule has 0 spiro atoms. The maximum atomic E-state index is 12.5. The Morgan fingerprint density at radius 3 is 2.55 bits per heavy atom. The van der Waals surface area contributed by atoms with E-state index < -0.39 is 11.7 Å². The minimum absolute atomic E-state index is 0.279. The number of benzene rings is 1. The van der Waals surface area contributed by atoms with Gasteiger partial charge in [-0.2, -0.15) is 13.2 Å². The van der Waals surface area contributed by atoms with Crippen molar-refractivity contribution in [2.24, 2.45) is 0 Å². The number of hydrogen-bond donors (Lipinski definition) is 2. The number of halogens is 3. The van der Waals surface area contributed by atoms with Crippen LogP contribution in [0, 0.1) is 0 Å². The summed E-state index contributed by atoms with van der Waals surface area (Å²) in [4.78, 5) is 18.7. The van der Waals surface area contributed by atoms with Crippen LogP contribution in [0.15, 0.2) is 30.5 Å². The van der Waals surface area contributed by atoms with Crippen molar-refractivity contribution in [2.75, 3.05) is 6.54 Å². The summed E-state index contributed by atoms with van der Waals surface area (Å²) < 4.78 is 37.5. The quantitative estimate of drug-likeness (QED) is 0.829. The molecule has 1 heterocycles. The number of aromatic amines is 1. The fourth-order valence-corrected chi connectivity index (χ4v) is 1.87. The lowest BCUT2D eigenvalue weighted by Gasteiger charge is -2.06. The Balaban J connectivity index is 2.09. The molecular weight excluding hydrogens is 295 g/mol. The van der Waals surface area contributed by atoms with Gasteiger partial charge in [0.15, 0.2) is 0 Å². The normalized spacial score (nSPS) is 11.5. The van der Waals surface area contributed by atoms with E-state index in [0.29, 0.717) is 17.9 Å². The van der Waals surface area contributed by atoms with Crippen LogP contribution in [0.1, 0.15) is 35.8 Å². The summed E-state index contributed by atoms with van der Waals surface area (Å²) in [5.74, 6) is 0.0773. The first-order valence-corrected chi connectivity index (χ1v) is 6.92. The molecule has 118 valence electrons. The first kappa shape index (κ1) is 16.1. The third-order valence-electron chi connectivity index (χ3n) is 3.12. The molecule has 0 bridgehead atoms. The minimum atomic E-state index is -4.37. The Kier molecular flexibility index (Phi) is 4.85. The average molecular weight is 311 g/mol. The Hall–Kier alpha value is -2.31. The summed E-state index contributed by atoms with van der Waals surface area (Å²) in [5.41, 5.74) is 0.0481. The smallest absolute Gasteiger partial charge is 0.351 e. The van der Waals surface area contributed by atoms with E-state index in [-0.39, 0.29) is 11.6 Å². The van der Waals surface area contributed by atoms with Crippen LogP contribution in [0.2, 0.25) is 0 Å². The molecule has 0 aliphatic rings. The van der Waals surface area contributed by atoms with Crippen LogP contribution < -0.4 is 5.32 Å². The van der Waals surface area contributed by atoms with Crippen LogP contribution in [0.4, 0.5) is 13.2 Å². The van der Waals surface area contributed by atoms with Gasteiger partial charge >= 0.3 is 6.18 Å².